The van der Waals surface area contributed by atoms with E-state index < -0.39 is 11.7 Å². The maximum atomic E-state index is 13.2. The average Bonchev–Trinajstić information content (AvgIpc) is 2.80. The number of morpholine rings is 1. The zero-order valence-electron chi connectivity index (χ0n) is 17.0. The fourth-order valence-electron chi connectivity index (χ4n) is 3.33. The van der Waals surface area contributed by atoms with E-state index >= 15 is 0 Å². The van der Waals surface area contributed by atoms with E-state index in [1.807, 2.05) is 4.90 Å². The molecule has 0 saturated carbocycles. The smallest absolute Gasteiger partial charge is 0.398 e. The predicted molar refractivity (Wildman–Crippen MR) is 118 cm³/mol. The summed E-state index contributed by atoms with van der Waals surface area (Å²) in [6.07, 6.45) is -3.31. The molecule has 1 saturated heterocycles. The molecule has 0 radical (unpaired) electrons. The first kappa shape index (κ1) is 21.6. The van der Waals surface area contributed by atoms with Crippen molar-refractivity contribution in [1.82, 2.24) is 9.97 Å². The fraction of sp³-hybridized carbons (Fsp3) is 0.227. The molecular formula is C22H21F3N6O. The van der Waals surface area contributed by atoms with Crippen LogP contribution in [0.2, 0.25) is 0 Å². The monoisotopic (exact) mass is 442 g/mol. The molecule has 10 heteroatoms. The van der Waals surface area contributed by atoms with Crippen LogP contribution in [0.3, 0.4) is 0 Å². The van der Waals surface area contributed by atoms with Gasteiger partial charge in [0.2, 0.25) is 5.95 Å². The Morgan fingerprint density at radius 3 is 2.56 bits per heavy atom. The van der Waals surface area contributed by atoms with Gasteiger partial charge in [-0.1, -0.05) is 12.1 Å². The number of ether oxygens (including phenoxy) is 1. The molecule has 3 aromatic rings. The second kappa shape index (κ2) is 8.83. The lowest BCUT2D eigenvalue weighted by Gasteiger charge is -2.27. The van der Waals surface area contributed by atoms with Gasteiger partial charge in [-0.25, -0.2) is 4.98 Å². The molecule has 0 bridgehead atoms. The van der Waals surface area contributed by atoms with Crippen LogP contribution < -0.4 is 16.0 Å². The van der Waals surface area contributed by atoms with Gasteiger partial charge in [0.25, 0.3) is 0 Å². The third-order valence-corrected chi connectivity index (χ3v) is 5.01. The minimum atomic E-state index is -4.45. The van der Waals surface area contributed by atoms with Crippen molar-refractivity contribution in [3.05, 3.63) is 59.7 Å². The highest BCUT2D eigenvalue weighted by Crippen LogP contribution is 2.33. The van der Waals surface area contributed by atoms with Crippen molar-refractivity contribution in [1.29, 1.82) is 5.41 Å². The molecule has 1 aliphatic rings. The Balaban J connectivity index is 1.75. The number of nitrogen functional groups attached to an aromatic ring is 1. The lowest BCUT2D eigenvalue weighted by Crippen LogP contribution is -2.37. The lowest BCUT2D eigenvalue weighted by atomic mass is 10.1. The fourth-order valence-corrected chi connectivity index (χ4v) is 3.33. The van der Waals surface area contributed by atoms with Crippen molar-refractivity contribution < 1.29 is 17.9 Å². The van der Waals surface area contributed by atoms with Crippen LogP contribution in [0, 0.1) is 5.41 Å². The highest BCUT2D eigenvalue weighted by atomic mass is 19.4. The molecule has 0 amide bonds. The molecule has 0 spiro atoms. The van der Waals surface area contributed by atoms with E-state index in [4.69, 9.17) is 15.9 Å². The van der Waals surface area contributed by atoms with Gasteiger partial charge in [-0.15, -0.1) is 0 Å². The highest BCUT2D eigenvalue weighted by Gasteiger charge is 2.30. The van der Waals surface area contributed by atoms with Gasteiger partial charge in [0.15, 0.2) is 0 Å². The highest BCUT2D eigenvalue weighted by molar-refractivity contribution is 5.87. The summed E-state index contributed by atoms with van der Waals surface area (Å²) in [5.41, 5.74) is 7.43. The Morgan fingerprint density at radius 1 is 1.06 bits per heavy atom. The molecule has 2 aromatic carbocycles. The summed E-state index contributed by atoms with van der Waals surface area (Å²) in [7, 11) is 0. The SMILES string of the molecule is N=Cc1cc(Nc2cc(-c3cccc(C(F)(F)F)c3)nc(N3CCOCC3)n2)ccc1N. The standard InChI is InChI=1S/C22H21F3N6O/c23-22(24,25)16-3-1-2-14(10-16)19-12-20(28-17-4-5-18(27)15(11-17)13-26)30-21(29-19)31-6-8-32-9-7-31/h1-5,10-13,26H,6-9,27H2,(H,28,29,30). The minimum Gasteiger partial charge on any atom is -0.398 e. The molecule has 4 N–H and O–H groups in total. The summed E-state index contributed by atoms with van der Waals surface area (Å²) < 4.78 is 45.1. The number of hydrogen-bond donors (Lipinski definition) is 3. The maximum Gasteiger partial charge on any atom is 0.416 e. The van der Waals surface area contributed by atoms with E-state index in [9.17, 15) is 13.2 Å². The quantitative estimate of drug-likeness (QED) is 0.402. The average molecular weight is 442 g/mol. The van der Waals surface area contributed by atoms with Gasteiger partial charge < -0.3 is 26.1 Å². The number of anilines is 4. The van der Waals surface area contributed by atoms with Crippen LogP contribution in [0.15, 0.2) is 48.5 Å². The van der Waals surface area contributed by atoms with E-state index in [0.29, 0.717) is 66.3 Å². The first-order valence-corrected chi connectivity index (χ1v) is 9.90. The summed E-state index contributed by atoms with van der Waals surface area (Å²) in [6.45, 7) is 2.18. The van der Waals surface area contributed by atoms with Crippen LogP contribution >= 0.6 is 0 Å². The number of nitrogens with two attached hydrogens (primary N) is 1. The summed E-state index contributed by atoms with van der Waals surface area (Å²) >= 11 is 0. The summed E-state index contributed by atoms with van der Waals surface area (Å²) in [4.78, 5) is 11.0. The Hall–Kier alpha value is -3.66. The topological polar surface area (TPSA) is 100 Å². The Morgan fingerprint density at radius 2 is 1.84 bits per heavy atom. The largest absolute Gasteiger partial charge is 0.416 e. The zero-order valence-corrected chi connectivity index (χ0v) is 17.0. The van der Waals surface area contributed by atoms with Crippen LogP contribution in [0.1, 0.15) is 11.1 Å². The van der Waals surface area contributed by atoms with Crippen LogP contribution in [-0.4, -0.2) is 42.5 Å². The predicted octanol–water partition coefficient (Wildman–Crippen LogP) is 4.32. The van der Waals surface area contributed by atoms with Crippen LogP contribution in [0.5, 0.6) is 0 Å². The molecule has 1 aromatic heterocycles. The first-order chi connectivity index (χ1) is 15.3. The summed E-state index contributed by atoms with van der Waals surface area (Å²) in [5.74, 6) is 0.808. The van der Waals surface area contributed by atoms with Crippen LogP contribution in [-0.2, 0) is 10.9 Å². The van der Waals surface area contributed by atoms with Gasteiger partial charge in [-0.3, -0.25) is 0 Å². The molecule has 0 aliphatic carbocycles. The van der Waals surface area contributed by atoms with Crippen molar-refractivity contribution >= 4 is 29.4 Å². The third kappa shape index (κ3) is 4.80. The summed E-state index contributed by atoms with van der Waals surface area (Å²) in [5, 5.41) is 10.6. The van der Waals surface area contributed by atoms with Gasteiger partial charge >= 0.3 is 6.18 Å². The molecule has 166 valence electrons. The Bertz CT molecular complexity index is 1130. The minimum absolute atomic E-state index is 0.331. The van der Waals surface area contributed by atoms with Crippen molar-refractivity contribution in [3.8, 4) is 11.3 Å². The zero-order chi connectivity index (χ0) is 22.7. The number of nitrogens with one attached hydrogen (secondary N) is 2. The third-order valence-electron chi connectivity index (χ3n) is 5.01. The van der Waals surface area contributed by atoms with E-state index in [-0.39, 0.29) is 0 Å². The number of halogens is 3. The number of benzene rings is 2. The molecule has 1 fully saturated rings. The van der Waals surface area contributed by atoms with Gasteiger partial charge in [0, 0.05) is 47.9 Å². The van der Waals surface area contributed by atoms with Crippen molar-refractivity contribution in [2.45, 2.75) is 6.18 Å². The Labute approximate surface area is 182 Å². The first-order valence-electron chi connectivity index (χ1n) is 9.90. The number of hydrogen-bond acceptors (Lipinski definition) is 7. The van der Waals surface area contributed by atoms with Gasteiger partial charge in [-0.2, -0.15) is 18.2 Å². The molecular weight excluding hydrogens is 421 g/mol. The molecule has 1 aliphatic heterocycles. The number of alkyl halides is 3. The number of nitrogens with zero attached hydrogens (tertiary/aromatic N) is 3. The van der Waals surface area contributed by atoms with Crippen LogP contribution in [0.25, 0.3) is 11.3 Å². The molecule has 32 heavy (non-hydrogen) atoms. The molecule has 0 unspecified atom stereocenters. The molecule has 4 rings (SSSR count). The van der Waals surface area contributed by atoms with E-state index in [1.54, 1.807) is 30.3 Å². The van der Waals surface area contributed by atoms with Crippen molar-refractivity contribution in [2.75, 3.05) is 42.3 Å². The van der Waals surface area contributed by atoms with E-state index in [2.05, 4.69) is 15.3 Å². The second-order valence-electron chi connectivity index (χ2n) is 7.23. The van der Waals surface area contributed by atoms with Crippen molar-refractivity contribution in [2.24, 2.45) is 0 Å². The molecule has 2 heterocycles. The number of aromatic nitrogens is 2. The van der Waals surface area contributed by atoms with Gasteiger partial charge in [-0.05, 0) is 30.3 Å². The number of rotatable bonds is 5. The molecule has 0 atom stereocenters. The normalized spacial score (nSPS) is 14.3. The van der Waals surface area contributed by atoms with Crippen molar-refractivity contribution in [3.63, 3.8) is 0 Å². The molecule has 7 nitrogen and oxygen atoms in total. The lowest BCUT2D eigenvalue weighted by molar-refractivity contribution is -0.137. The summed E-state index contributed by atoms with van der Waals surface area (Å²) in [6, 6.07) is 11.7. The van der Waals surface area contributed by atoms with E-state index in [0.717, 1.165) is 18.3 Å². The van der Waals surface area contributed by atoms with Gasteiger partial charge in [0.05, 0.1) is 24.5 Å². The Kier molecular flexibility index (Phi) is 5.95. The second-order valence-corrected chi connectivity index (χ2v) is 7.23. The van der Waals surface area contributed by atoms with Gasteiger partial charge in [0.1, 0.15) is 5.82 Å². The van der Waals surface area contributed by atoms with E-state index in [1.165, 1.54) is 6.07 Å². The maximum absolute atomic E-state index is 13.2. The van der Waals surface area contributed by atoms with Crippen LogP contribution in [0.4, 0.5) is 36.3 Å².